The molecule has 0 aliphatic carbocycles. The van der Waals surface area contributed by atoms with Crippen LogP contribution in [0.3, 0.4) is 0 Å². The number of aliphatic hydroxyl groups is 1. The van der Waals surface area contributed by atoms with Gasteiger partial charge in [0.2, 0.25) is 0 Å². The summed E-state index contributed by atoms with van der Waals surface area (Å²) in [6, 6.07) is -0.614. The molecule has 0 unspecified atom stereocenters. The lowest BCUT2D eigenvalue weighted by Crippen LogP contribution is -2.40. The van der Waals surface area contributed by atoms with E-state index in [4.69, 9.17) is 14.9 Å². The molecule has 0 fully saturated rings. The van der Waals surface area contributed by atoms with Crippen LogP contribution in [-0.4, -0.2) is 40.5 Å². The summed E-state index contributed by atoms with van der Waals surface area (Å²) in [6.07, 6.45) is -0.724. The van der Waals surface area contributed by atoms with Crippen LogP contribution in [0.2, 0.25) is 0 Å². The van der Waals surface area contributed by atoms with Gasteiger partial charge in [0.05, 0.1) is 6.42 Å². The molecule has 0 saturated heterocycles. The van der Waals surface area contributed by atoms with E-state index in [-0.39, 0.29) is 19.4 Å². The summed E-state index contributed by atoms with van der Waals surface area (Å²) in [6.45, 7) is 4.95. The molecule has 0 radical (unpaired) electrons. The molecule has 6 nitrogen and oxygen atoms in total. The number of aliphatic hydroxyl groups excluding tert-OH is 1. The van der Waals surface area contributed by atoms with Gasteiger partial charge in [0, 0.05) is 12.6 Å². The molecule has 6 heteroatoms. The number of carbonyl (C=O) groups excluding carboxylic acids is 1. The topological polar surface area (TPSA) is 95.9 Å². The second-order valence-corrected chi connectivity index (χ2v) is 4.45. The maximum Gasteiger partial charge on any atom is 0.407 e. The molecule has 1 atom stereocenters. The fourth-order valence-electron chi connectivity index (χ4n) is 1.07. The smallest absolute Gasteiger partial charge is 0.407 e. The zero-order valence-corrected chi connectivity index (χ0v) is 9.82. The van der Waals surface area contributed by atoms with Gasteiger partial charge in [-0.3, -0.25) is 4.79 Å². The Kier molecular flexibility index (Phi) is 5.81. The van der Waals surface area contributed by atoms with Crippen molar-refractivity contribution < 1.29 is 24.5 Å². The fourth-order valence-corrected chi connectivity index (χ4v) is 1.07. The third-order valence-corrected chi connectivity index (χ3v) is 1.62. The van der Waals surface area contributed by atoms with Crippen molar-refractivity contribution in [2.24, 2.45) is 0 Å². The minimum absolute atomic E-state index is 0.186. The standard InChI is InChI=1S/C10H19NO5/c1-10(2,3)16-9(15)11-7(4-5-12)6-8(13)14/h7,12H,4-6H2,1-3H3,(H,11,15)(H,13,14)/t7-/m0/s1. The van der Waals surface area contributed by atoms with Crippen LogP contribution in [0, 0.1) is 0 Å². The Morgan fingerprint density at radius 1 is 1.38 bits per heavy atom. The van der Waals surface area contributed by atoms with Gasteiger partial charge in [-0.05, 0) is 27.2 Å². The van der Waals surface area contributed by atoms with Crippen molar-refractivity contribution in [3.63, 3.8) is 0 Å². The number of carboxylic acid groups (broad SMARTS) is 1. The minimum Gasteiger partial charge on any atom is -0.481 e. The molecule has 94 valence electrons. The Morgan fingerprint density at radius 3 is 2.31 bits per heavy atom. The van der Waals surface area contributed by atoms with Gasteiger partial charge in [0.25, 0.3) is 0 Å². The number of aliphatic carboxylic acids is 1. The third-order valence-electron chi connectivity index (χ3n) is 1.62. The SMILES string of the molecule is CC(C)(C)OC(=O)N[C@@H](CCO)CC(=O)O. The molecule has 0 bridgehead atoms. The molecular weight excluding hydrogens is 214 g/mol. The predicted octanol–water partition coefficient (Wildman–Crippen LogP) is 0.737. The maximum atomic E-state index is 11.3. The van der Waals surface area contributed by atoms with E-state index in [1.165, 1.54) is 0 Å². The van der Waals surface area contributed by atoms with Gasteiger partial charge in [-0.1, -0.05) is 0 Å². The molecule has 0 saturated carbocycles. The lowest BCUT2D eigenvalue weighted by Gasteiger charge is -2.22. The molecule has 0 heterocycles. The third kappa shape index (κ3) is 8.05. The van der Waals surface area contributed by atoms with E-state index >= 15 is 0 Å². The molecule has 0 spiro atoms. The molecule has 0 rings (SSSR count). The highest BCUT2D eigenvalue weighted by atomic mass is 16.6. The van der Waals surface area contributed by atoms with E-state index in [1.54, 1.807) is 20.8 Å². The first kappa shape index (κ1) is 14.7. The van der Waals surface area contributed by atoms with Gasteiger partial charge in [-0.15, -0.1) is 0 Å². The molecule has 1 amide bonds. The first-order chi connectivity index (χ1) is 7.24. The zero-order chi connectivity index (χ0) is 12.8. The maximum absolute atomic E-state index is 11.3. The Morgan fingerprint density at radius 2 is 1.94 bits per heavy atom. The van der Waals surface area contributed by atoms with Gasteiger partial charge >= 0.3 is 12.1 Å². The van der Waals surface area contributed by atoms with Crippen LogP contribution in [0.15, 0.2) is 0 Å². The highest BCUT2D eigenvalue weighted by molar-refractivity contribution is 5.71. The Balaban J connectivity index is 4.17. The van der Waals surface area contributed by atoms with Crippen molar-refractivity contribution in [3.05, 3.63) is 0 Å². The number of nitrogens with one attached hydrogen (secondary N) is 1. The minimum atomic E-state index is -1.03. The second-order valence-electron chi connectivity index (χ2n) is 4.45. The number of carbonyl (C=O) groups is 2. The van der Waals surface area contributed by atoms with E-state index in [0.29, 0.717) is 0 Å². The summed E-state index contributed by atoms with van der Waals surface area (Å²) in [7, 11) is 0. The highest BCUT2D eigenvalue weighted by Crippen LogP contribution is 2.07. The Labute approximate surface area is 94.6 Å². The van der Waals surface area contributed by atoms with Gasteiger partial charge in [0.15, 0.2) is 0 Å². The number of hydrogen-bond donors (Lipinski definition) is 3. The monoisotopic (exact) mass is 233 g/mol. The van der Waals surface area contributed by atoms with E-state index < -0.39 is 23.7 Å². The van der Waals surface area contributed by atoms with E-state index in [1.807, 2.05) is 0 Å². The quantitative estimate of drug-likeness (QED) is 0.650. The number of amides is 1. The predicted molar refractivity (Wildman–Crippen MR) is 57.1 cm³/mol. The van der Waals surface area contributed by atoms with Crippen molar-refractivity contribution >= 4 is 12.1 Å². The largest absolute Gasteiger partial charge is 0.481 e. The first-order valence-electron chi connectivity index (χ1n) is 5.07. The summed E-state index contributed by atoms with van der Waals surface area (Å²) >= 11 is 0. The zero-order valence-electron chi connectivity index (χ0n) is 9.82. The lowest BCUT2D eigenvalue weighted by atomic mass is 10.1. The van der Waals surface area contributed by atoms with Crippen LogP contribution in [-0.2, 0) is 9.53 Å². The molecular formula is C10H19NO5. The molecule has 0 aliphatic rings. The van der Waals surface area contributed by atoms with Crippen molar-refractivity contribution in [1.29, 1.82) is 0 Å². The summed E-state index contributed by atoms with van der Waals surface area (Å²) in [4.78, 5) is 21.8. The number of rotatable bonds is 5. The molecule has 3 N–H and O–H groups in total. The van der Waals surface area contributed by atoms with Crippen molar-refractivity contribution in [1.82, 2.24) is 5.32 Å². The summed E-state index contributed by atoms with van der Waals surface area (Å²) in [5, 5.41) is 19.7. The van der Waals surface area contributed by atoms with Crippen molar-refractivity contribution in [3.8, 4) is 0 Å². The lowest BCUT2D eigenvalue weighted by molar-refractivity contribution is -0.137. The van der Waals surface area contributed by atoms with Crippen molar-refractivity contribution in [2.45, 2.75) is 45.3 Å². The van der Waals surface area contributed by atoms with Crippen LogP contribution < -0.4 is 5.32 Å². The van der Waals surface area contributed by atoms with Crippen LogP contribution in [0.4, 0.5) is 4.79 Å². The van der Waals surface area contributed by atoms with Crippen LogP contribution in [0.5, 0.6) is 0 Å². The normalized spacial score (nSPS) is 13.0. The van der Waals surface area contributed by atoms with E-state index in [9.17, 15) is 9.59 Å². The number of carboxylic acids is 1. The number of alkyl carbamates (subject to hydrolysis) is 1. The van der Waals surface area contributed by atoms with Crippen LogP contribution in [0.25, 0.3) is 0 Å². The molecule has 0 aromatic heterocycles. The second kappa shape index (κ2) is 6.32. The van der Waals surface area contributed by atoms with Crippen molar-refractivity contribution in [2.75, 3.05) is 6.61 Å². The summed E-state index contributed by atoms with van der Waals surface area (Å²) in [5.74, 6) is -1.03. The van der Waals surface area contributed by atoms with Crippen LogP contribution in [0.1, 0.15) is 33.6 Å². The fraction of sp³-hybridized carbons (Fsp3) is 0.800. The average molecular weight is 233 g/mol. The van der Waals surface area contributed by atoms with Gasteiger partial charge in [0.1, 0.15) is 5.60 Å². The van der Waals surface area contributed by atoms with Gasteiger partial charge in [-0.25, -0.2) is 4.79 Å². The molecule has 0 aromatic carbocycles. The van der Waals surface area contributed by atoms with Gasteiger partial charge in [-0.2, -0.15) is 0 Å². The first-order valence-corrected chi connectivity index (χ1v) is 5.07. The molecule has 0 aromatic rings. The molecule has 0 aliphatic heterocycles. The van der Waals surface area contributed by atoms with Crippen LogP contribution >= 0.6 is 0 Å². The highest BCUT2D eigenvalue weighted by Gasteiger charge is 2.20. The Hall–Kier alpha value is -1.30. The molecule has 16 heavy (non-hydrogen) atoms. The number of hydrogen-bond acceptors (Lipinski definition) is 4. The summed E-state index contributed by atoms with van der Waals surface area (Å²) in [5.41, 5.74) is -0.628. The Bertz CT molecular complexity index is 246. The summed E-state index contributed by atoms with van der Waals surface area (Å²) < 4.78 is 4.97. The van der Waals surface area contributed by atoms with E-state index in [2.05, 4.69) is 5.32 Å². The van der Waals surface area contributed by atoms with Gasteiger partial charge < -0.3 is 20.3 Å². The number of ether oxygens (including phenoxy) is 1. The van der Waals surface area contributed by atoms with E-state index in [0.717, 1.165) is 0 Å². The average Bonchev–Trinajstić information content (AvgIpc) is 1.98.